The zero-order chi connectivity index (χ0) is 13.6. The fraction of sp³-hybridized carbons (Fsp3) is 0.625. The van der Waals surface area contributed by atoms with E-state index < -0.39 is 0 Å². The number of halogens is 1. The Morgan fingerprint density at radius 2 is 1.67 bits per heavy atom. The highest BCUT2D eigenvalue weighted by Gasteiger charge is 2.26. The molecule has 0 bridgehead atoms. The fourth-order valence-electron chi connectivity index (χ4n) is 2.27. The molecule has 0 fully saturated rings. The lowest BCUT2D eigenvalue weighted by atomic mass is 9.76. The molecule has 0 atom stereocenters. The summed E-state index contributed by atoms with van der Waals surface area (Å²) >= 11 is 3.50. The third kappa shape index (κ3) is 4.74. The highest BCUT2D eigenvalue weighted by molar-refractivity contribution is 9.10. The first-order valence-corrected chi connectivity index (χ1v) is 7.78. The maximum absolute atomic E-state index is 3.61. The maximum atomic E-state index is 3.61. The van der Waals surface area contributed by atoms with E-state index in [4.69, 9.17) is 0 Å². The predicted octanol–water partition coefficient (Wildman–Crippen LogP) is 4.80. The summed E-state index contributed by atoms with van der Waals surface area (Å²) in [6.07, 6.45) is 3.60. The monoisotopic (exact) mass is 311 g/mol. The minimum absolute atomic E-state index is 0.387. The molecular weight excluding hydrogens is 286 g/mol. The average molecular weight is 312 g/mol. The van der Waals surface area contributed by atoms with Crippen molar-refractivity contribution in [2.45, 2.75) is 53.0 Å². The largest absolute Gasteiger partial charge is 0.314 e. The highest BCUT2D eigenvalue weighted by Crippen LogP contribution is 2.30. The number of benzene rings is 1. The molecular formula is C16H26BrN. The van der Waals surface area contributed by atoms with Gasteiger partial charge >= 0.3 is 0 Å². The molecule has 102 valence electrons. The van der Waals surface area contributed by atoms with Crippen LogP contribution in [-0.2, 0) is 6.42 Å². The molecule has 1 rings (SSSR count). The summed E-state index contributed by atoms with van der Waals surface area (Å²) in [4.78, 5) is 0. The van der Waals surface area contributed by atoms with Crippen LogP contribution in [0.1, 0.15) is 46.1 Å². The van der Waals surface area contributed by atoms with Crippen molar-refractivity contribution in [3.8, 4) is 0 Å². The zero-order valence-electron chi connectivity index (χ0n) is 12.1. The Balaban J connectivity index is 2.74. The van der Waals surface area contributed by atoms with Crippen LogP contribution in [0.2, 0.25) is 0 Å². The van der Waals surface area contributed by atoms with Crippen molar-refractivity contribution >= 4 is 15.9 Å². The van der Waals surface area contributed by atoms with E-state index in [0.29, 0.717) is 11.5 Å². The minimum Gasteiger partial charge on any atom is -0.314 e. The molecule has 1 aromatic carbocycles. The molecule has 0 saturated carbocycles. The van der Waals surface area contributed by atoms with Crippen LogP contribution >= 0.6 is 15.9 Å². The Morgan fingerprint density at radius 3 is 2.11 bits per heavy atom. The zero-order valence-corrected chi connectivity index (χ0v) is 13.7. The Labute approximate surface area is 120 Å². The lowest BCUT2D eigenvalue weighted by Gasteiger charge is -2.33. The molecule has 0 radical (unpaired) electrons. The maximum Gasteiger partial charge on any atom is 0.0175 e. The number of rotatable bonds is 7. The van der Waals surface area contributed by atoms with Gasteiger partial charge in [0.15, 0.2) is 0 Å². The summed E-state index contributed by atoms with van der Waals surface area (Å²) in [7, 11) is 0. The smallest absolute Gasteiger partial charge is 0.0175 e. The van der Waals surface area contributed by atoms with Crippen molar-refractivity contribution in [2.24, 2.45) is 5.41 Å². The van der Waals surface area contributed by atoms with E-state index in [9.17, 15) is 0 Å². The van der Waals surface area contributed by atoms with Crippen LogP contribution in [0.5, 0.6) is 0 Å². The summed E-state index contributed by atoms with van der Waals surface area (Å²) in [6, 6.07) is 9.31. The van der Waals surface area contributed by atoms with Gasteiger partial charge in [-0.15, -0.1) is 0 Å². The summed E-state index contributed by atoms with van der Waals surface area (Å²) < 4.78 is 1.16. The molecule has 0 saturated heterocycles. The van der Waals surface area contributed by atoms with Gasteiger partial charge in [-0.2, -0.15) is 0 Å². The van der Waals surface area contributed by atoms with E-state index in [-0.39, 0.29) is 0 Å². The molecule has 0 amide bonds. The molecule has 18 heavy (non-hydrogen) atoms. The molecule has 1 aromatic rings. The van der Waals surface area contributed by atoms with Gasteiger partial charge in [-0.05, 0) is 42.4 Å². The van der Waals surface area contributed by atoms with Gasteiger partial charge in [-0.3, -0.25) is 0 Å². The van der Waals surface area contributed by atoms with Crippen LogP contribution < -0.4 is 5.32 Å². The van der Waals surface area contributed by atoms with Crippen LogP contribution in [0.25, 0.3) is 0 Å². The van der Waals surface area contributed by atoms with Crippen molar-refractivity contribution < 1.29 is 0 Å². The second-order valence-corrected chi connectivity index (χ2v) is 6.46. The lowest BCUT2D eigenvalue weighted by Crippen LogP contribution is -2.38. The van der Waals surface area contributed by atoms with Crippen LogP contribution in [0.3, 0.4) is 0 Å². The van der Waals surface area contributed by atoms with E-state index in [1.165, 1.54) is 18.4 Å². The third-order valence-corrected chi connectivity index (χ3v) is 4.41. The average Bonchev–Trinajstić information content (AvgIpc) is 2.37. The van der Waals surface area contributed by atoms with Gasteiger partial charge in [0.25, 0.3) is 0 Å². The number of nitrogens with one attached hydrogen (secondary N) is 1. The van der Waals surface area contributed by atoms with E-state index in [1.54, 1.807) is 0 Å². The highest BCUT2D eigenvalue weighted by atomic mass is 79.9. The first kappa shape index (κ1) is 15.7. The lowest BCUT2D eigenvalue weighted by molar-refractivity contribution is 0.239. The molecule has 1 N–H and O–H groups in total. The normalized spacial score (nSPS) is 12.1. The molecule has 0 unspecified atom stereocenters. The van der Waals surface area contributed by atoms with E-state index in [0.717, 1.165) is 17.4 Å². The van der Waals surface area contributed by atoms with Crippen molar-refractivity contribution in [2.75, 3.05) is 6.54 Å². The van der Waals surface area contributed by atoms with E-state index >= 15 is 0 Å². The van der Waals surface area contributed by atoms with Crippen molar-refractivity contribution in [3.63, 3.8) is 0 Å². The van der Waals surface area contributed by atoms with Crippen molar-refractivity contribution in [1.29, 1.82) is 0 Å². The Morgan fingerprint density at radius 1 is 1.11 bits per heavy atom. The van der Waals surface area contributed by atoms with Crippen LogP contribution in [-0.4, -0.2) is 12.6 Å². The molecule has 0 aliphatic rings. The predicted molar refractivity (Wildman–Crippen MR) is 84.0 cm³/mol. The summed E-state index contributed by atoms with van der Waals surface area (Å²) in [5.41, 5.74) is 1.82. The van der Waals surface area contributed by atoms with Gasteiger partial charge in [-0.25, -0.2) is 0 Å². The second kappa shape index (κ2) is 7.30. The van der Waals surface area contributed by atoms with Gasteiger partial charge in [0.2, 0.25) is 0 Å². The van der Waals surface area contributed by atoms with Crippen molar-refractivity contribution in [3.05, 3.63) is 34.3 Å². The minimum atomic E-state index is 0.387. The molecule has 0 aromatic heterocycles. The SMILES string of the molecule is CCC(CC)(CNC(C)C)Cc1ccc(Br)cc1. The second-order valence-electron chi connectivity index (χ2n) is 5.55. The molecule has 0 spiro atoms. The summed E-state index contributed by atoms with van der Waals surface area (Å²) in [5.74, 6) is 0. The van der Waals surface area contributed by atoms with Crippen molar-refractivity contribution in [1.82, 2.24) is 5.32 Å². The molecule has 2 heteroatoms. The van der Waals surface area contributed by atoms with Gasteiger partial charge in [0.05, 0.1) is 0 Å². The van der Waals surface area contributed by atoms with Crippen LogP contribution in [0.15, 0.2) is 28.7 Å². The van der Waals surface area contributed by atoms with E-state index in [1.807, 2.05) is 0 Å². The van der Waals surface area contributed by atoms with Gasteiger partial charge in [0.1, 0.15) is 0 Å². The van der Waals surface area contributed by atoms with Gasteiger partial charge in [0, 0.05) is 17.1 Å². The van der Waals surface area contributed by atoms with Crippen LogP contribution in [0, 0.1) is 5.41 Å². The molecule has 0 heterocycles. The Hall–Kier alpha value is -0.340. The number of hydrogen-bond donors (Lipinski definition) is 1. The topological polar surface area (TPSA) is 12.0 Å². The Kier molecular flexibility index (Phi) is 6.37. The fourth-order valence-corrected chi connectivity index (χ4v) is 2.53. The first-order valence-electron chi connectivity index (χ1n) is 6.99. The summed E-state index contributed by atoms with van der Waals surface area (Å²) in [5, 5.41) is 3.61. The third-order valence-electron chi connectivity index (χ3n) is 3.88. The molecule has 1 nitrogen and oxygen atoms in total. The summed E-state index contributed by atoms with van der Waals surface area (Å²) in [6.45, 7) is 10.2. The van der Waals surface area contributed by atoms with Gasteiger partial charge < -0.3 is 5.32 Å². The molecule has 0 aliphatic heterocycles. The molecule has 0 aliphatic carbocycles. The number of hydrogen-bond acceptors (Lipinski definition) is 1. The quantitative estimate of drug-likeness (QED) is 0.763. The van der Waals surface area contributed by atoms with Gasteiger partial charge in [-0.1, -0.05) is 55.8 Å². The Bertz CT molecular complexity index is 339. The first-order chi connectivity index (χ1) is 8.51. The van der Waals surface area contributed by atoms with Crippen LogP contribution in [0.4, 0.5) is 0 Å². The van der Waals surface area contributed by atoms with E-state index in [2.05, 4.69) is 73.2 Å². The standard InChI is InChI=1S/C16H26BrN/c1-5-16(6-2,12-18-13(3)4)11-14-7-9-15(17)10-8-14/h7-10,13,18H,5-6,11-12H2,1-4H3.